The Morgan fingerprint density at radius 3 is 2.27 bits per heavy atom. The minimum atomic E-state index is -0.636. The molecule has 2 saturated carbocycles. The van der Waals surface area contributed by atoms with Crippen molar-refractivity contribution in [3.05, 3.63) is 0 Å². The van der Waals surface area contributed by atoms with Crippen LogP contribution in [-0.4, -0.2) is 47.9 Å². The molecule has 1 aliphatic heterocycles. The summed E-state index contributed by atoms with van der Waals surface area (Å²) in [5, 5.41) is 15.6. The fourth-order valence-electron chi connectivity index (χ4n) is 4.67. The zero-order valence-corrected chi connectivity index (χ0v) is 15.8. The summed E-state index contributed by atoms with van der Waals surface area (Å²) in [6, 6.07) is 2.55. The number of carbonyl (C=O) groups is 2. The predicted molar refractivity (Wildman–Crippen MR) is 99.1 cm³/mol. The van der Waals surface area contributed by atoms with E-state index in [1.807, 2.05) is 0 Å². The summed E-state index contributed by atoms with van der Waals surface area (Å²) < 4.78 is 0. The van der Waals surface area contributed by atoms with Gasteiger partial charge in [0.15, 0.2) is 0 Å². The molecule has 6 heteroatoms. The van der Waals surface area contributed by atoms with E-state index in [4.69, 9.17) is 0 Å². The molecule has 3 fully saturated rings. The van der Waals surface area contributed by atoms with Crippen LogP contribution in [0.1, 0.15) is 70.6 Å². The van der Waals surface area contributed by atoms with Gasteiger partial charge in [0, 0.05) is 25.0 Å². The van der Waals surface area contributed by atoms with Crippen molar-refractivity contribution in [2.45, 2.75) is 82.2 Å². The second-order valence-electron chi connectivity index (χ2n) is 8.34. The average Bonchev–Trinajstić information content (AvgIpc) is 3.13. The van der Waals surface area contributed by atoms with Crippen LogP contribution in [0.4, 0.5) is 0 Å². The first-order chi connectivity index (χ1) is 12.6. The van der Waals surface area contributed by atoms with E-state index in [9.17, 15) is 14.9 Å². The molecule has 1 heterocycles. The highest BCUT2D eigenvalue weighted by atomic mass is 16.2. The van der Waals surface area contributed by atoms with Gasteiger partial charge in [-0.1, -0.05) is 19.3 Å². The number of carbonyl (C=O) groups excluding carboxylic acids is 2. The Morgan fingerprint density at radius 2 is 1.65 bits per heavy atom. The summed E-state index contributed by atoms with van der Waals surface area (Å²) in [7, 11) is 0. The summed E-state index contributed by atoms with van der Waals surface area (Å²) >= 11 is 0. The smallest absolute Gasteiger partial charge is 0.235 e. The van der Waals surface area contributed by atoms with E-state index in [0.29, 0.717) is 6.54 Å². The molecule has 0 atom stereocenters. The third kappa shape index (κ3) is 4.97. The molecular formula is C20H32N4O2. The first kappa shape index (κ1) is 19.2. The Labute approximate surface area is 156 Å². The standard InChI is InChI=1S/C20H32N4O2/c21-15-20(10-4-5-11-20)23-18(25)14-24-12-8-17(9-13-24)22-19(26)16-6-2-1-3-7-16/h16-17H,1-14H2,(H,22,26)(H,23,25). The fourth-order valence-corrected chi connectivity index (χ4v) is 4.67. The van der Waals surface area contributed by atoms with Gasteiger partial charge in [-0.05, 0) is 51.4 Å². The van der Waals surface area contributed by atoms with Crippen molar-refractivity contribution >= 4 is 11.8 Å². The molecule has 0 bridgehead atoms. The third-order valence-corrected chi connectivity index (χ3v) is 6.33. The Balaban J connectivity index is 1.37. The molecule has 26 heavy (non-hydrogen) atoms. The van der Waals surface area contributed by atoms with E-state index in [0.717, 1.165) is 64.5 Å². The molecular weight excluding hydrogens is 328 g/mol. The zero-order chi connectivity index (χ0) is 18.4. The Kier molecular flexibility index (Phi) is 6.53. The van der Waals surface area contributed by atoms with E-state index in [1.165, 1.54) is 19.3 Å². The molecule has 0 aromatic carbocycles. The van der Waals surface area contributed by atoms with E-state index < -0.39 is 5.54 Å². The summed E-state index contributed by atoms with van der Waals surface area (Å²) in [6.07, 6.45) is 11.0. The maximum absolute atomic E-state index is 12.4. The van der Waals surface area contributed by atoms with E-state index in [-0.39, 0.29) is 23.8 Å². The summed E-state index contributed by atoms with van der Waals surface area (Å²) in [6.45, 7) is 2.00. The van der Waals surface area contributed by atoms with Gasteiger partial charge in [0.2, 0.25) is 11.8 Å². The molecule has 3 rings (SSSR count). The summed E-state index contributed by atoms with van der Waals surface area (Å²) in [5.41, 5.74) is -0.636. The molecule has 2 N–H and O–H groups in total. The van der Waals surface area contributed by atoms with Gasteiger partial charge in [-0.25, -0.2) is 0 Å². The summed E-state index contributed by atoms with van der Waals surface area (Å²) in [5.74, 6) is 0.400. The maximum atomic E-state index is 12.4. The monoisotopic (exact) mass is 360 g/mol. The van der Waals surface area contributed by atoms with Gasteiger partial charge in [0.1, 0.15) is 5.54 Å². The minimum Gasteiger partial charge on any atom is -0.353 e. The van der Waals surface area contributed by atoms with Crippen molar-refractivity contribution < 1.29 is 9.59 Å². The van der Waals surface area contributed by atoms with Crippen molar-refractivity contribution in [2.24, 2.45) is 5.92 Å². The largest absolute Gasteiger partial charge is 0.353 e. The lowest BCUT2D eigenvalue weighted by atomic mass is 9.88. The second-order valence-corrected chi connectivity index (χ2v) is 8.34. The second kappa shape index (κ2) is 8.85. The molecule has 0 unspecified atom stereocenters. The number of likely N-dealkylation sites (tertiary alicyclic amines) is 1. The van der Waals surface area contributed by atoms with Crippen molar-refractivity contribution in [1.29, 1.82) is 5.26 Å². The fraction of sp³-hybridized carbons (Fsp3) is 0.850. The quantitative estimate of drug-likeness (QED) is 0.786. The zero-order valence-electron chi connectivity index (χ0n) is 15.8. The maximum Gasteiger partial charge on any atom is 0.235 e. The Morgan fingerprint density at radius 1 is 1.00 bits per heavy atom. The van der Waals surface area contributed by atoms with Gasteiger partial charge >= 0.3 is 0 Å². The Bertz CT molecular complexity index is 537. The number of nitrogens with one attached hydrogen (secondary N) is 2. The molecule has 2 amide bonds. The van der Waals surface area contributed by atoms with Gasteiger partial charge in [-0.15, -0.1) is 0 Å². The van der Waals surface area contributed by atoms with Crippen LogP contribution in [0.2, 0.25) is 0 Å². The number of nitriles is 1. The van der Waals surface area contributed by atoms with Gasteiger partial charge in [0.25, 0.3) is 0 Å². The van der Waals surface area contributed by atoms with Crippen LogP contribution in [0.3, 0.4) is 0 Å². The number of hydrogen-bond acceptors (Lipinski definition) is 4. The summed E-state index contributed by atoms with van der Waals surface area (Å²) in [4.78, 5) is 26.8. The van der Waals surface area contributed by atoms with Crippen molar-refractivity contribution in [3.63, 3.8) is 0 Å². The molecule has 0 aromatic heterocycles. The first-order valence-corrected chi connectivity index (χ1v) is 10.4. The number of amides is 2. The lowest BCUT2D eigenvalue weighted by molar-refractivity contribution is -0.127. The lowest BCUT2D eigenvalue weighted by Gasteiger charge is -2.33. The van der Waals surface area contributed by atoms with Crippen molar-refractivity contribution in [1.82, 2.24) is 15.5 Å². The van der Waals surface area contributed by atoms with Gasteiger partial charge in [0.05, 0.1) is 12.6 Å². The number of hydrogen-bond donors (Lipinski definition) is 2. The van der Waals surface area contributed by atoms with Crippen LogP contribution in [0, 0.1) is 17.2 Å². The highest BCUT2D eigenvalue weighted by molar-refractivity contribution is 5.80. The number of nitrogens with zero attached hydrogens (tertiary/aromatic N) is 2. The molecule has 6 nitrogen and oxygen atoms in total. The van der Waals surface area contributed by atoms with Gasteiger partial charge in [-0.3, -0.25) is 14.5 Å². The number of rotatable bonds is 5. The molecule has 2 aliphatic carbocycles. The molecule has 0 radical (unpaired) electrons. The van der Waals surface area contributed by atoms with Crippen LogP contribution in [0.25, 0.3) is 0 Å². The Hall–Kier alpha value is -1.61. The van der Waals surface area contributed by atoms with Gasteiger partial charge in [-0.2, -0.15) is 5.26 Å². The van der Waals surface area contributed by atoms with E-state index in [1.54, 1.807) is 0 Å². The highest BCUT2D eigenvalue weighted by Crippen LogP contribution is 2.29. The average molecular weight is 361 g/mol. The molecule has 1 saturated heterocycles. The minimum absolute atomic E-state index is 0.0434. The molecule has 144 valence electrons. The molecule has 3 aliphatic rings. The normalized spacial score (nSPS) is 24.7. The van der Waals surface area contributed by atoms with E-state index in [2.05, 4.69) is 21.6 Å². The van der Waals surface area contributed by atoms with Crippen LogP contribution in [0.5, 0.6) is 0 Å². The van der Waals surface area contributed by atoms with Crippen molar-refractivity contribution in [3.8, 4) is 6.07 Å². The predicted octanol–water partition coefficient (Wildman–Crippen LogP) is 2.10. The van der Waals surface area contributed by atoms with Crippen LogP contribution in [-0.2, 0) is 9.59 Å². The topological polar surface area (TPSA) is 85.2 Å². The van der Waals surface area contributed by atoms with Gasteiger partial charge < -0.3 is 10.6 Å². The highest BCUT2D eigenvalue weighted by Gasteiger charge is 2.36. The van der Waals surface area contributed by atoms with E-state index >= 15 is 0 Å². The third-order valence-electron chi connectivity index (χ3n) is 6.33. The van der Waals surface area contributed by atoms with Crippen LogP contribution < -0.4 is 10.6 Å². The number of piperidine rings is 1. The first-order valence-electron chi connectivity index (χ1n) is 10.4. The lowest BCUT2D eigenvalue weighted by Crippen LogP contribution is -2.52. The SMILES string of the molecule is N#CC1(NC(=O)CN2CCC(NC(=O)C3CCCCC3)CC2)CCCC1. The molecule has 0 spiro atoms. The van der Waals surface area contributed by atoms with Crippen molar-refractivity contribution in [2.75, 3.05) is 19.6 Å². The van der Waals surface area contributed by atoms with Crippen LogP contribution in [0.15, 0.2) is 0 Å². The van der Waals surface area contributed by atoms with Crippen LogP contribution >= 0.6 is 0 Å². The molecule has 0 aromatic rings.